The lowest BCUT2D eigenvalue weighted by molar-refractivity contribution is -0.154. The van der Waals surface area contributed by atoms with Gasteiger partial charge in [-0.1, -0.05) is 50.6 Å². The molecule has 2 unspecified atom stereocenters. The van der Waals surface area contributed by atoms with Gasteiger partial charge in [0.2, 0.25) is 13.3 Å². The zero-order valence-electron chi connectivity index (χ0n) is 19.0. The number of carbonyl (C=O) groups excluding carboxylic acids is 1. The summed E-state index contributed by atoms with van der Waals surface area (Å²) in [6.07, 6.45) is 9.28. The summed E-state index contributed by atoms with van der Waals surface area (Å²) in [6, 6.07) is 0. The van der Waals surface area contributed by atoms with Crippen LogP contribution in [0.2, 0.25) is 0 Å². The quantitative estimate of drug-likeness (QED) is 0.217. The summed E-state index contributed by atoms with van der Waals surface area (Å²) in [5, 5.41) is 4.01. The zero-order valence-corrected chi connectivity index (χ0v) is 19.9. The van der Waals surface area contributed by atoms with Gasteiger partial charge in [-0.05, 0) is 34.1 Å². The molecule has 0 spiro atoms. The number of nitrogens with zero attached hydrogens (tertiary/aromatic N) is 2. The number of aromatic nitrogens is 2. The standard InChI is InChI=1S/C21H39N2O5P/c1-7-9-10-11-12-13-14-15-18-22-19(28-23-18)16-17(29(6,25)26-8-2)20(24)27-21(3,4)5/h17H,7-16H2,1-6H3. The zero-order chi connectivity index (χ0) is 21.9. The molecule has 2 atom stereocenters. The summed E-state index contributed by atoms with van der Waals surface area (Å²) in [7, 11) is -3.24. The van der Waals surface area contributed by atoms with Gasteiger partial charge in [0.25, 0.3) is 0 Å². The fourth-order valence-electron chi connectivity index (χ4n) is 3.04. The number of esters is 1. The van der Waals surface area contributed by atoms with Crippen molar-refractivity contribution in [3.8, 4) is 0 Å². The fraction of sp³-hybridized carbons (Fsp3) is 0.857. The molecule has 0 saturated heterocycles. The lowest BCUT2D eigenvalue weighted by Crippen LogP contribution is -2.33. The molecule has 1 aromatic rings. The molecule has 0 amide bonds. The second kappa shape index (κ2) is 12.5. The van der Waals surface area contributed by atoms with Crippen LogP contribution in [0.1, 0.15) is 91.3 Å². The number of carbonyl (C=O) groups is 1. The monoisotopic (exact) mass is 430 g/mol. The topological polar surface area (TPSA) is 91.5 Å². The van der Waals surface area contributed by atoms with Gasteiger partial charge in [-0.15, -0.1) is 0 Å². The van der Waals surface area contributed by atoms with Crippen molar-refractivity contribution in [1.29, 1.82) is 0 Å². The molecule has 0 radical (unpaired) electrons. The van der Waals surface area contributed by atoms with Gasteiger partial charge in [-0.25, -0.2) is 0 Å². The highest BCUT2D eigenvalue weighted by atomic mass is 31.2. The van der Waals surface area contributed by atoms with Crippen molar-refractivity contribution in [1.82, 2.24) is 10.1 Å². The Balaban J connectivity index is 2.66. The number of unbranched alkanes of at least 4 members (excludes halogenated alkanes) is 6. The molecule has 0 aromatic carbocycles. The lowest BCUT2D eigenvalue weighted by Gasteiger charge is -2.26. The molecule has 1 rings (SSSR count). The van der Waals surface area contributed by atoms with Gasteiger partial charge in [0.15, 0.2) is 5.82 Å². The SMILES string of the molecule is CCCCCCCCCc1noc(CC(C(=O)OC(C)(C)C)P(C)(=O)OCC)n1. The minimum atomic E-state index is -3.24. The van der Waals surface area contributed by atoms with E-state index >= 15 is 0 Å². The van der Waals surface area contributed by atoms with E-state index in [-0.39, 0.29) is 13.0 Å². The third-order valence-electron chi connectivity index (χ3n) is 4.51. The maximum Gasteiger partial charge on any atom is 0.319 e. The van der Waals surface area contributed by atoms with Crippen LogP contribution in [-0.2, 0) is 31.5 Å². The van der Waals surface area contributed by atoms with Crippen LogP contribution in [0.4, 0.5) is 0 Å². The third-order valence-corrected chi connectivity index (χ3v) is 6.81. The maximum atomic E-state index is 13.0. The first-order chi connectivity index (χ1) is 13.6. The molecule has 8 heteroatoms. The van der Waals surface area contributed by atoms with Gasteiger partial charge >= 0.3 is 5.97 Å². The lowest BCUT2D eigenvalue weighted by atomic mass is 10.1. The molecule has 0 aliphatic heterocycles. The third kappa shape index (κ3) is 10.4. The van der Waals surface area contributed by atoms with Crippen LogP contribution in [0, 0.1) is 0 Å². The smallest absolute Gasteiger partial charge is 0.319 e. The largest absolute Gasteiger partial charge is 0.459 e. The normalized spacial score (nSPS) is 15.1. The van der Waals surface area contributed by atoms with Crippen LogP contribution in [0.5, 0.6) is 0 Å². The average Bonchev–Trinajstić information content (AvgIpc) is 3.04. The summed E-state index contributed by atoms with van der Waals surface area (Å²) < 4.78 is 29.1. The van der Waals surface area contributed by atoms with E-state index in [1.54, 1.807) is 27.7 Å². The summed E-state index contributed by atoms with van der Waals surface area (Å²) in [5.41, 5.74) is -1.65. The van der Waals surface area contributed by atoms with Crippen molar-refractivity contribution < 1.29 is 23.1 Å². The molecule has 29 heavy (non-hydrogen) atoms. The van der Waals surface area contributed by atoms with E-state index < -0.39 is 24.6 Å². The fourth-order valence-corrected chi connectivity index (χ4v) is 4.65. The van der Waals surface area contributed by atoms with Crippen molar-refractivity contribution >= 4 is 13.3 Å². The molecule has 0 bridgehead atoms. The van der Waals surface area contributed by atoms with Crippen LogP contribution in [-0.4, -0.2) is 40.6 Å². The first-order valence-corrected chi connectivity index (χ1v) is 13.0. The predicted octanol–water partition coefficient (Wildman–Crippen LogP) is 5.56. The van der Waals surface area contributed by atoms with E-state index in [0.717, 1.165) is 19.3 Å². The molecule has 0 N–H and O–H groups in total. The van der Waals surface area contributed by atoms with E-state index in [1.807, 2.05) is 0 Å². The van der Waals surface area contributed by atoms with Gasteiger partial charge in [-0.3, -0.25) is 9.36 Å². The Bertz CT molecular complexity index is 654. The molecule has 7 nitrogen and oxygen atoms in total. The second-order valence-corrected chi connectivity index (χ2v) is 11.3. The van der Waals surface area contributed by atoms with Gasteiger partial charge in [0.1, 0.15) is 11.3 Å². The number of ether oxygens (including phenoxy) is 1. The number of aryl methyl sites for hydroxylation is 1. The van der Waals surface area contributed by atoms with Crippen molar-refractivity contribution in [2.75, 3.05) is 13.3 Å². The van der Waals surface area contributed by atoms with Gasteiger partial charge in [-0.2, -0.15) is 4.98 Å². The molecular formula is C21H39N2O5P. The average molecular weight is 431 g/mol. The molecule has 0 aliphatic carbocycles. The Kier molecular flexibility index (Phi) is 11.1. The highest BCUT2D eigenvalue weighted by molar-refractivity contribution is 7.60. The molecule has 0 saturated carbocycles. The minimum absolute atomic E-state index is 0.0483. The van der Waals surface area contributed by atoms with Crippen LogP contribution in [0.15, 0.2) is 4.52 Å². The molecular weight excluding hydrogens is 391 g/mol. The van der Waals surface area contributed by atoms with Gasteiger partial charge in [0, 0.05) is 19.5 Å². The molecule has 168 valence electrons. The summed E-state index contributed by atoms with van der Waals surface area (Å²) >= 11 is 0. The first kappa shape index (κ1) is 25.8. The number of hydrogen-bond donors (Lipinski definition) is 0. The van der Waals surface area contributed by atoms with Crippen LogP contribution in [0.25, 0.3) is 0 Å². The number of hydrogen-bond acceptors (Lipinski definition) is 7. The van der Waals surface area contributed by atoms with E-state index in [9.17, 15) is 9.36 Å². The summed E-state index contributed by atoms with van der Waals surface area (Å²) in [6.45, 7) is 11.0. The highest BCUT2D eigenvalue weighted by Crippen LogP contribution is 2.50. The van der Waals surface area contributed by atoms with Crippen molar-refractivity contribution in [3.63, 3.8) is 0 Å². The molecule has 1 heterocycles. The van der Waals surface area contributed by atoms with Crippen LogP contribution < -0.4 is 0 Å². The van der Waals surface area contributed by atoms with Gasteiger partial charge in [0.05, 0.1) is 6.61 Å². The van der Waals surface area contributed by atoms with Gasteiger partial charge < -0.3 is 13.8 Å². The second-order valence-electron chi connectivity index (χ2n) is 8.56. The Morgan fingerprint density at radius 3 is 2.31 bits per heavy atom. The van der Waals surface area contributed by atoms with Crippen molar-refractivity contribution in [2.24, 2.45) is 0 Å². The Hall–Kier alpha value is -1.20. The predicted molar refractivity (Wildman–Crippen MR) is 114 cm³/mol. The molecule has 0 aliphatic rings. The van der Waals surface area contributed by atoms with Crippen LogP contribution in [0.3, 0.4) is 0 Å². The van der Waals surface area contributed by atoms with E-state index in [0.29, 0.717) is 11.7 Å². The van der Waals surface area contributed by atoms with Crippen LogP contribution >= 0.6 is 7.37 Å². The maximum absolute atomic E-state index is 13.0. The van der Waals surface area contributed by atoms with E-state index in [1.165, 1.54) is 38.8 Å². The first-order valence-electron chi connectivity index (χ1n) is 10.8. The van der Waals surface area contributed by atoms with E-state index in [4.69, 9.17) is 13.8 Å². The Morgan fingerprint density at radius 2 is 1.72 bits per heavy atom. The summed E-state index contributed by atoms with van der Waals surface area (Å²) in [4.78, 5) is 17.0. The van der Waals surface area contributed by atoms with Crippen molar-refractivity contribution in [3.05, 3.63) is 11.7 Å². The minimum Gasteiger partial charge on any atom is -0.459 e. The highest BCUT2D eigenvalue weighted by Gasteiger charge is 2.40. The number of rotatable bonds is 14. The Labute approximate surface area is 175 Å². The van der Waals surface area contributed by atoms with E-state index in [2.05, 4.69) is 17.1 Å². The molecule has 0 fully saturated rings. The summed E-state index contributed by atoms with van der Waals surface area (Å²) in [5.74, 6) is 0.350. The molecule has 1 aromatic heterocycles. The Morgan fingerprint density at radius 1 is 1.10 bits per heavy atom. The van der Waals surface area contributed by atoms with Crippen molar-refractivity contribution in [2.45, 2.75) is 104 Å².